The van der Waals surface area contributed by atoms with Crippen LogP contribution in [0.4, 0.5) is 0 Å². The van der Waals surface area contributed by atoms with Crippen molar-refractivity contribution in [2.45, 2.75) is 27.1 Å². The third-order valence-electron chi connectivity index (χ3n) is 2.96. The molecule has 1 aromatic carbocycles. The van der Waals surface area contributed by atoms with Crippen molar-refractivity contribution in [1.82, 2.24) is 4.98 Å². The highest BCUT2D eigenvalue weighted by atomic mass is 32.1. The molecule has 104 valence electrons. The number of aromatic nitrogens is 1. The summed E-state index contributed by atoms with van der Waals surface area (Å²) in [7, 11) is 1.59. The van der Waals surface area contributed by atoms with E-state index in [1.165, 1.54) is 22.5 Å². The molecule has 0 aliphatic carbocycles. The summed E-state index contributed by atoms with van der Waals surface area (Å²) < 4.78 is 10.7. The molecule has 1 aromatic heterocycles. The van der Waals surface area contributed by atoms with Gasteiger partial charge in [0.2, 0.25) is 0 Å². The lowest BCUT2D eigenvalue weighted by molar-refractivity contribution is 0.181. The van der Waals surface area contributed by atoms with Gasteiger partial charge in [0.25, 0.3) is 0 Å². The standard InChI is InChI=1S/C15H16N2O2S/c1-10-4-5-12(6-11(10)2)19-9-15-17-13(8-18-3)14(7-16)20-15/h4-6H,8-9H2,1-3H3. The van der Waals surface area contributed by atoms with E-state index in [2.05, 4.69) is 24.9 Å². The van der Waals surface area contributed by atoms with Crippen LogP contribution in [0.15, 0.2) is 18.2 Å². The smallest absolute Gasteiger partial charge is 0.140 e. The van der Waals surface area contributed by atoms with Crippen LogP contribution in [0.5, 0.6) is 5.75 Å². The summed E-state index contributed by atoms with van der Waals surface area (Å²) in [4.78, 5) is 4.96. The summed E-state index contributed by atoms with van der Waals surface area (Å²) in [6.07, 6.45) is 0. The number of nitriles is 1. The molecule has 4 nitrogen and oxygen atoms in total. The normalized spacial score (nSPS) is 10.3. The van der Waals surface area contributed by atoms with Gasteiger partial charge in [0.1, 0.15) is 28.3 Å². The zero-order valence-corrected chi connectivity index (χ0v) is 12.6. The number of hydrogen-bond acceptors (Lipinski definition) is 5. The predicted octanol–water partition coefficient (Wildman–Crippen LogP) is 3.36. The molecule has 1 heterocycles. The van der Waals surface area contributed by atoms with Gasteiger partial charge >= 0.3 is 0 Å². The van der Waals surface area contributed by atoms with E-state index in [0.29, 0.717) is 23.8 Å². The Morgan fingerprint density at radius 3 is 2.70 bits per heavy atom. The largest absolute Gasteiger partial charge is 0.486 e. The van der Waals surface area contributed by atoms with Gasteiger partial charge in [0, 0.05) is 7.11 Å². The van der Waals surface area contributed by atoms with Gasteiger partial charge in [-0.25, -0.2) is 4.98 Å². The number of nitrogens with zero attached hydrogens (tertiary/aromatic N) is 2. The first-order valence-electron chi connectivity index (χ1n) is 6.21. The Morgan fingerprint density at radius 2 is 2.05 bits per heavy atom. The Labute approximate surface area is 122 Å². The van der Waals surface area contributed by atoms with Gasteiger partial charge in [0.05, 0.1) is 12.3 Å². The number of hydrogen-bond donors (Lipinski definition) is 0. The molecule has 0 saturated carbocycles. The minimum absolute atomic E-state index is 0.350. The molecule has 20 heavy (non-hydrogen) atoms. The van der Waals surface area contributed by atoms with E-state index in [1.807, 2.05) is 18.2 Å². The topological polar surface area (TPSA) is 55.1 Å². The number of benzene rings is 1. The summed E-state index contributed by atoms with van der Waals surface area (Å²) in [6, 6.07) is 8.11. The summed E-state index contributed by atoms with van der Waals surface area (Å²) in [5, 5.41) is 9.82. The van der Waals surface area contributed by atoms with Crippen LogP contribution in [0, 0.1) is 25.2 Å². The second-order valence-electron chi connectivity index (χ2n) is 4.46. The molecule has 0 amide bonds. The highest BCUT2D eigenvalue weighted by Crippen LogP contribution is 2.22. The molecule has 0 radical (unpaired) electrons. The van der Waals surface area contributed by atoms with E-state index < -0.39 is 0 Å². The zero-order valence-electron chi connectivity index (χ0n) is 11.8. The zero-order chi connectivity index (χ0) is 14.5. The minimum Gasteiger partial charge on any atom is -0.486 e. The van der Waals surface area contributed by atoms with Crippen molar-refractivity contribution < 1.29 is 9.47 Å². The lowest BCUT2D eigenvalue weighted by Crippen LogP contribution is -1.97. The van der Waals surface area contributed by atoms with E-state index in [4.69, 9.17) is 14.7 Å². The summed E-state index contributed by atoms with van der Waals surface area (Å²) in [5.74, 6) is 0.815. The van der Waals surface area contributed by atoms with Gasteiger partial charge in [-0.05, 0) is 37.1 Å². The van der Waals surface area contributed by atoms with Gasteiger partial charge in [0.15, 0.2) is 0 Å². The maximum Gasteiger partial charge on any atom is 0.140 e. The average Bonchev–Trinajstić information content (AvgIpc) is 2.83. The monoisotopic (exact) mass is 288 g/mol. The van der Waals surface area contributed by atoms with Crippen LogP contribution in [-0.2, 0) is 18.0 Å². The number of aryl methyl sites for hydroxylation is 2. The van der Waals surface area contributed by atoms with Crippen molar-refractivity contribution in [1.29, 1.82) is 5.26 Å². The van der Waals surface area contributed by atoms with Gasteiger partial charge in [-0.3, -0.25) is 0 Å². The van der Waals surface area contributed by atoms with Crippen LogP contribution in [0.25, 0.3) is 0 Å². The van der Waals surface area contributed by atoms with Crippen LogP contribution in [0.1, 0.15) is 26.7 Å². The van der Waals surface area contributed by atoms with Crippen molar-refractivity contribution >= 4 is 11.3 Å². The summed E-state index contributed by atoms with van der Waals surface area (Å²) in [5.41, 5.74) is 3.11. The van der Waals surface area contributed by atoms with Crippen molar-refractivity contribution in [2.75, 3.05) is 7.11 Å². The lowest BCUT2D eigenvalue weighted by atomic mass is 10.1. The van der Waals surface area contributed by atoms with E-state index in [9.17, 15) is 0 Å². The molecular formula is C15H16N2O2S. The first-order chi connectivity index (χ1) is 9.63. The molecule has 0 bridgehead atoms. The molecule has 0 spiro atoms. The van der Waals surface area contributed by atoms with Gasteiger partial charge in [-0.2, -0.15) is 5.26 Å². The number of ether oxygens (including phenoxy) is 2. The first kappa shape index (κ1) is 14.5. The van der Waals surface area contributed by atoms with E-state index in [1.54, 1.807) is 7.11 Å². The molecule has 0 aliphatic rings. The fraction of sp³-hybridized carbons (Fsp3) is 0.333. The highest BCUT2D eigenvalue weighted by molar-refractivity contribution is 7.12. The number of methoxy groups -OCH3 is 1. The lowest BCUT2D eigenvalue weighted by Gasteiger charge is -2.06. The number of rotatable bonds is 5. The Hall–Kier alpha value is -1.90. The Morgan fingerprint density at radius 1 is 1.25 bits per heavy atom. The molecule has 2 aromatic rings. The molecule has 0 aliphatic heterocycles. The summed E-state index contributed by atoms with van der Waals surface area (Å²) in [6.45, 7) is 4.83. The second kappa shape index (κ2) is 6.51. The van der Waals surface area contributed by atoms with Crippen LogP contribution in [0.3, 0.4) is 0 Å². The third kappa shape index (κ3) is 3.35. The SMILES string of the molecule is COCc1nc(COc2ccc(C)c(C)c2)sc1C#N. The predicted molar refractivity (Wildman–Crippen MR) is 77.8 cm³/mol. The highest BCUT2D eigenvalue weighted by Gasteiger charge is 2.11. The Kier molecular flexibility index (Phi) is 4.72. The average molecular weight is 288 g/mol. The van der Waals surface area contributed by atoms with E-state index >= 15 is 0 Å². The van der Waals surface area contributed by atoms with Crippen LogP contribution in [0.2, 0.25) is 0 Å². The van der Waals surface area contributed by atoms with Gasteiger partial charge in [-0.1, -0.05) is 6.07 Å². The maximum absolute atomic E-state index is 9.03. The quantitative estimate of drug-likeness (QED) is 0.846. The molecule has 0 unspecified atom stereocenters. The van der Waals surface area contributed by atoms with Crippen molar-refractivity contribution in [3.63, 3.8) is 0 Å². The first-order valence-corrected chi connectivity index (χ1v) is 7.03. The van der Waals surface area contributed by atoms with Crippen molar-refractivity contribution in [3.05, 3.63) is 44.9 Å². The van der Waals surface area contributed by atoms with Crippen LogP contribution in [-0.4, -0.2) is 12.1 Å². The molecule has 0 fully saturated rings. The molecule has 5 heteroatoms. The van der Waals surface area contributed by atoms with E-state index in [-0.39, 0.29) is 0 Å². The molecule has 0 saturated heterocycles. The fourth-order valence-corrected chi connectivity index (χ4v) is 2.51. The van der Waals surface area contributed by atoms with Crippen LogP contribution < -0.4 is 4.74 Å². The third-order valence-corrected chi connectivity index (χ3v) is 3.94. The van der Waals surface area contributed by atoms with Crippen molar-refractivity contribution in [3.8, 4) is 11.8 Å². The van der Waals surface area contributed by atoms with Gasteiger partial charge in [-0.15, -0.1) is 11.3 Å². The maximum atomic E-state index is 9.03. The van der Waals surface area contributed by atoms with E-state index in [0.717, 1.165) is 10.8 Å². The van der Waals surface area contributed by atoms with Gasteiger partial charge < -0.3 is 9.47 Å². The number of thiazole rings is 1. The molecule has 2 rings (SSSR count). The molecule has 0 N–H and O–H groups in total. The second-order valence-corrected chi connectivity index (χ2v) is 5.55. The minimum atomic E-state index is 0.350. The fourth-order valence-electron chi connectivity index (χ4n) is 1.73. The molecular weight excluding hydrogens is 272 g/mol. The summed E-state index contributed by atoms with van der Waals surface area (Å²) >= 11 is 1.35. The van der Waals surface area contributed by atoms with Crippen LogP contribution >= 0.6 is 11.3 Å². The van der Waals surface area contributed by atoms with Crippen molar-refractivity contribution in [2.24, 2.45) is 0 Å². The molecule has 0 atom stereocenters. The Bertz CT molecular complexity index is 644. The Balaban J connectivity index is 2.07.